The second-order valence-corrected chi connectivity index (χ2v) is 7.43. The summed E-state index contributed by atoms with van der Waals surface area (Å²) in [7, 11) is 0. The van der Waals surface area contributed by atoms with E-state index in [1.807, 2.05) is 16.7 Å². The zero-order valence-electron chi connectivity index (χ0n) is 11.0. The molecule has 1 amide bonds. The predicted molar refractivity (Wildman–Crippen MR) is 84.8 cm³/mol. The van der Waals surface area contributed by atoms with E-state index in [1.54, 1.807) is 18.2 Å². The molecular weight excluding hydrogens is 315 g/mol. The molecule has 0 unspecified atom stereocenters. The number of nitrogens with one attached hydrogen (secondary N) is 1. The summed E-state index contributed by atoms with van der Waals surface area (Å²) in [5, 5.41) is 4.35. The summed E-state index contributed by atoms with van der Waals surface area (Å²) in [6.45, 7) is 2.72. The topological polar surface area (TPSA) is 32.3 Å². The van der Waals surface area contributed by atoms with Crippen LogP contribution in [0, 0.1) is 0 Å². The molecule has 2 aliphatic heterocycles. The second kappa shape index (κ2) is 5.76. The van der Waals surface area contributed by atoms with Gasteiger partial charge in [-0.05, 0) is 44.1 Å². The summed E-state index contributed by atoms with van der Waals surface area (Å²) >= 11 is 14.0. The number of hydrogen-bond donors (Lipinski definition) is 1. The van der Waals surface area contributed by atoms with E-state index in [0.29, 0.717) is 15.6 Å². The van der Waals surface area contributed by atoms with Gasteiger partial charge in [-0.25, -0.2) is 0 Å². The lowest BCUT2D eigenvalue weighted by Gasteiger charge is -2.41. The van der Waals surface area contributed by atoms with Crippen molar-refractivity contribution in [2.45, 2.75) is 17.7 Å². The van der Waals surface area contributed by atoms with Crippen LogP contribution in [0.25, 0.3) is 0 Å². The van der Waals surface area contributed by atoms with Crippen molar-refractivity contribution in [3.63, 3.8) is 0 Å². The summed E-state index contributed by atoms with van der Waals surface area (Å²) in [5.74, 6) is 1.02. The van der Waals surface area contributed by atoms with Crippen LogP contribution in [0.3, 0.4) is 0 Å². The fourth-order valence-electron chi connectivity index (χ4n) is 2.94. The fourth-order valence-corrected chi connectivity index (χ4v) is 4.90. The van der Waals surface area contributed by atoms with Gasteiger partial charge in [-0.2, -0.15) is 0 Å². The summed E-state index contributed by atoms with van der Waals surface area (Å²) < 4.78 is 0. The zero-order valence-corrected chi connectivity index (χ0v) is 13.3. The van der Waals surface area contributed by atoms with Crippen LogP contribution in [0.4, 0.5) is 0 Å². The Morgan fingerprint density at radius 1 is 1.30 bits per heavy atom. The van der Waals surface area contributed by atoms with Crippen LogP contribution in [0.15, 0.2) is 18.2 Å². The molecule has 20 heavy (non-hydrogen) atoms. The first kappa shape index (κ1) is 14.5. The third-order valence-electron chi connectivity index (χ3n) is 3.97. The third-order valence-corrected chi connectivity index (χ3v) is 6.07. The number of thioether (sulfide) groups is 1. The van der Waals surface area contributed by atoms with E-state index in [1.165, 1.54) is 0 Å². The number of carbonyl (C=O) groups excluding carboxylic acids is 1. The van der Waals surface area contributed by atoms with Gasteiger partial charge < -0.3 is 10.2 Å². The lowest BCUT2D eigenvalue weighted by atomic mass is 10.0. The van der Waals surface area contributed by atoms with Crippen LogP contribution >= 0.6 is 35.0 Å². The van der Waals surface area contributed by atoms with Gasteiger partial charge in [0.1, 0.15) is 0 Å². The van der Waals surface area contributed by atoms with Crippen LogP contribution in [0.5, 0.6) is 0 Å². The Morgan fingerprint density at radius 2 is 2.05 bits per heavy atom. The maximum absolute atomic E-state index is 12.8. The van der Waals surface area contributed by atoms with Crippen molar-refractivity contribution in [2.75, 3.05) is 25.4 Å². The molecule has 108 valence electrons. The number of halogens is 2. The molecule has 0 aliphatic carbocycles. The van der Waals surface area contributed by atoms with Crippen LogP contribution in [-0.2, 0) is 0 Å². The van der Waals surface area contributed by atoms with Crippen molar-refractivity contribution in [2.24, 2.45) is 0 Å². The molecule has 0 atom stereocenters. The second-order valence-electron chi connectivity index (χ2n) is 5.13. The molecule has 1 aromatic carbocycles. The van der Waals surface area contributed by atoms with Gasteiger partial charge >= 0.3 is 0 Å². The molecule has 3 rings (SSSR count). The van der Waals surface area contributed by atoms with E-state index < -0.39 is 0 Å². The quantitative estimate of drug-likeness (QED) is 0.857. The SMILES string of the molecule is O=C(c1ccc(Cl)cc1Cl)N1CCSC12CCNCC2. The van der Waals surface area contributed by atoms with Gasteiger partial charge in [-0.3, -0.25) is 4.79 Å². The summed E-state index contributed by atoms with van der Waals surface area (Å²) in [6, 6.07) is 5.08. The monoisotopic (exact) mass is 330 g/mol. The lowest BCUT2D eigenvalue weighted by molar-refractivity contribution is 0.0635. The highest BCUT2D eigenvalue weighted by molar-refractivity contribution is 8.00. The van der Waals surface area contributed by atoms with Gasteiger partial charge in [0, 0.05) is 17.3 Å². The highest BCUT2D eigenvalue weighted by Gasteiger charge is 2.45. The van der Waals surface area contributed by atoms with E-state index in [4.69, 9.17) is 23.2 Å². The van der Waals surface area contributed by atoms with Crippen LogP contribution < -0.4 is 5.32 Å². The van der Waals surface area contributed by atoms with E-state index in [2.05, 4.69) is 5.32 Å². The van der Waals surface area contributed by atoms with Gasteiger partial charge in [0.05, 0.1) is 15.5 Å². The molecule has 3 nitrogen and oxygen atoms in total. The van der Waals surface area contributed by atoms with Crippen molar-refractivity contribution in [1.29, 1.82) is 0 Å². The van der Waals surface area contributed by atoms with Gasteiger partial charge in [-0.15, -0.1) is 11.8 Å². The maximum Gasteiger partial charge on any atom is 0.256 e. The molecule has 6 heteroatoms. The predicted octanol–water partition coefficient (Wildman–Crippen LogP) is 3.26. The number of hydrogen-bond acceptors (Lipinski definition) is 3. The number of benzene rings is 1. The molecule has 1 spiro atoms. The van der Waals surface area contributed by atoms with E-state index >= 15 is 0 Å². The van der Waals surface area contributed by atoms with Gasteiger partial charge in [0.2, 0.25) is 0 Å². The molecule has 1 N–H and O–H groups in total. The Balaban J connectivity index is 1.89. The first-order valence-electron chi connectivity index (χ1n) is 6.74. The van der Waals surface area contributed by atoms with Crippen molar-refractivity contribution in [3.05, 3.63) is 33.8 Å². The van der Waals surface area contributed by atoms with Crippen LogP contribution in [-0.4, -0.2) is 41.1 Å². The minimum atomic E-state index is -0.0503. The van der Waals surface area contributed by atoms with Crippen molar-refractivity contribution in [1.82, 2.24) is 10.2 Å². The minimum Gasteiger partial charge on any atom is -0.323 e. The average molecular weight is 331 g/mol. The summed E-state index contributed by atoms with van der Waals surface area (Å²) in [4.78, 5) is 14.8. The van der Waals surface area contributed by atoms with Crippen molar-refractivity contribution >= 4 is 40.9 Å². The number of amides is 1. The molecule has 1 aromatic rings. The van der Waals surface area contributed by atoms with Crippen molar-refractivity contribution < 1.29 is 4.79 Å². The Kier molecular flexibility index (Phi) is 4.18. The molecule has 2 saturated heterocycles. The largest absolute Gasteiger partial charge is 0.323 e. The van der Waals surface area contributed by atoms with Crippen molar-refractivity contribution in [3.8, 4) is 0 Å². The van der Waals surface area contributed by atoms with Gasteiger partial charge in [-0.1, -0.05) is 23.2 Å². The highest BCUT2D eigenvalue weighted by atomic mass is 35.5. The smallest absolute Gasteiger partial charge is 0.256 e. The molecule has 2 fully saturated rings. The Bertz CT molecular complexity index is 532. The molecule has 0 radical (unpaired) electrons. The Morgan fingerprint density at radius 3 is 2.75 bits per heavy atom. The van der Waals surface area contributed by atoms with Crippen LogP contribution in [0.1, 0.15) is 23.2 Å². The number of piperidine rings is 1. The molecule has 0 saturated carbocycles. The normalized spacial score (nSPS) is 21.4. The molecule has 2 heterocycles. The number of nitrogens with zero attached hydrogens (tertiary/aromatic N) is 1. The number of carbonyl (C=O) groups is 1. The average Bonchev–Trinajstić information content (AvgIpc) is 2.82. The zero-order chi connectivity index (χ0) is 14.2. The first-order chi connectivity index (χ1) is 9.62. The van der Waals surface area contributed by atoms with Gasteiger partial charge in [0.15, 0.2) is 0 Å². The summed E-state index contributed by atoms with van der Waals surface area (Å²) in [5.41, 5.74) is 0.552. The van der Waals surface area contributed by atoms with E-state index in [0.717, 1.165) is 38.2 Å². The fraction of sp³-hybridized carbons (Fsp3) is 0.500. The van der Waals surface area contributed by atoms with Crippen LogP contribution in [0.2, 0.25) is 10.0 Å². The Hall–Kier alpha value is -0.420. The maximum atomic E-state index is 12.8. The minimum absolute atomic E-state index is 0.0265. The molecular formula is C14H16Cl2N2OS. The molecule has 2 aliphatic rings. The third kappa shape index (κ3) is 2.54. The standard InChI is InChI=1S/C14H16Cl2N2OS/c15-10-1-2-11(12(16)9-10)13(19)18-7-8-20-14(18)3-5-17-6-4-14/h1-2,9,17H,3-8H2. The van der Waals surface area contributed by atoms with E-state index in [9.17, 15) is 4.79 Å². The molecule has 0 aromatic heterocycles. The molecule has 0 bridgehead atoms. The lowest BCUT2D eigenvalue weighted by Crippen LogP contribution is -2.51. The number of rotatable bonds is 1. The highest BCUT2D eigenvalue weighted by Crippen LogP contribution is 2.43. The Labute approximate surface area is 133 Å². The van der Waals surface area contributed by atoms with Gasteiger partial charge in [0.25, 0.3) is 5.91 Å². The first-order valence-corrected chi connectivity index (χ1v) is 8.48. The van der Waals surface area contributed by atoms with E-state index in [-0.39, 0.29) is 10.8 Å². The summed E-state index contributed by atoms with van der Waals surface area (Å²) in [6.07, 6.45) is 1.99.